The lowest BCUT2D eigenvalue weighted by atomic mass is 10.3. The number of sulfonamides is 1. The fourth-order valence-corrected chi connectivity index (χ4v) is 2.93. The highest BCUT2D eigenvalue weighted by Crippen LogP contribution is 2.21. The first-order valence-corrected chi connectivity index (χ1v) is 8.77. The van der Waals surface area contributed by atoms with Crippen LogP contribution in [0.1, 0.15) is 0 Å². The second-order valence-corrected chi connectivity index (χ2v) is 7.09. The van der Waals surface area contributed by atoms with E-state index in [0.717, 1.165) is 22.7 Å². The Morgan fingerprint density at radius 1 is 1.17 bits per heavy atom. The maximum Gasteiger partial charge on any atom is 0.245 e. The van der Waals surface area contributed by atoms with Gasteiger partial charge >= 0.3 is 0 Å². The van der Waals surface area contributed by atoms with Gasteiger partial charge in [-0.05, 0) is 36.4 Å². The summed E-state index contributed by atoms with van der Waals surface area (Å²) in [5.41, 5.74) is 0.579. The van der Waals surface area contributed by atoms with Gasteiger partial charge in [0.1, 0.15) is 12.4 Å². The molecule has 0 aliphatic carbocycles. The number of hydrogen-bond acceptors (Lipinski definition) is 3. The predicted molar refractivity (Wildman–Crippen MR) is 88.7 cm³/mol. The van der Waals surface area contributed by atoms with E-state index >= 15 is 0 Å². The minimum Gasteiger partial charge on any atom is -0.323 e. The van der Waals surface area contributed by atoms with Crippen LogP contribution in [-0.2, 0) is 14.8 Å². The van der Waals surface area contributed by atoms with Crippen LogP contribution < -0.4 is 9.62 Å². The van der Waals surface area contributed by atoms with Gasteiger partial charge in [0.15, 0.2) is 0 Å². The fourth-order valence-electron chi connectivity index (χ4n) is 1.89. The number of nitrogens with one attached hydrogen (secondary N) is 1. The van der Waals surface area contributed by atoms with Crippen LogP contribution in [0.2, 0.25) is 5.02 Å². The molecule has 2 aromatic carbocycles. The Bertz CT molecular complexity index is 810. The van der Waals surface area contributed by atoms with E-state index in [9.17, 15) is 17.6 Å². The maximum atomic E-state index is 13.0. The zero-order chi connectivity index (χ0) is 17.0. The van der Waals surface area contributed by atoms with Crippen molar-refractivity contribution in [3.63, 3.8) is 0 Å². The van der Waals surface area contributed by atoms with E-state index in [-0.39, 0.29) is 5.69 Å². The standard InChI is InChI=1S/C15H14ClFN2O3S/c1-23(21,22)19(12-8-6-11(17)7-9-12)10-15(20)18-14-5-3-2-4-13(14)16/h2-9H,10H2,1H3,(H,18,20). The van der Waals surface area contributed by atoms with Crippen LogP contribution >= 0.6 is 11.6 Å². The largest absolute Gasteiger partial charge is 0.323 e. The molecule has 8 heteroatoms. The van der Waals surface area contributed by atoms with Gasteiger partial charge < -0.3 is 5.32 Å². The third kappa shape index (κ3) is 4.67. The Labute approximate surface area is 138 Å². The summed E-state index contributed by atoms with van der Waals surface area (Å²) in [4.78, 5) is 12.1. The molecule has 0 fully saturated rings. The molecule has 0 aliphatic rings. The third-order valence-corrected chi connectivity index (χ3v) is 4.42. The third-order valence-electron chi connectivity index (χ3n) is 2.95. The normalized spacial score (nSPS) is 11.1. The number of benzene rings is 2. The summed E-state index contributed by atoms with van der Waals surface area (Å²) in [5, 5.41) is 2.88. The van der Waals surface area contributed by atoms with Crippen LogP contribution in [0, 0.1) is 5.82 Å². The molecule has 23 heavy (non-hydrogen) atoms. The molecular weight excluding hydrogens is 343 g/mol. The first-order valence-electron chi connectivity index (χ1n) is 6.55. The SMILES string of the molecule is CS(=O)(=O)N(CC(=O)Nc1ccccc1Cl)c1ccc(F)cc1. The van der Waals surface area contributed by atoms with Crippen molar-refractivity contribution in [3.8, 4) is 0 Å². The van der Waals surface area contributed by atoms with Gasteiger partial charge in [0.2, 0.25) is 15.9 Å². The second-order valence-electron chi connectivity index (χ2n) is 4.77. The van der Waals surface area contributed by atoms with Crippen LogP contribution in [0.3, 0.4) is 0 Å². The Balaban J connectivity index is 2.20. The van der Waals surface area contributed by atoms with E-state index in [1.165, 1.54) is 12.1 Å². The van der Waals surface area contributed by atoms with Crippen LogP contribution in [0.15, 0.2) is 48.5 Å². The van der Waals surface area contributed by atoms with Crippen molar-refractivity contribution in [1.29, 1.82) is 0 Å². The summed E-state index contributed by atoms with van der Waals surface area (Å²) < 4.78 is 37.7. The van der Waals surface area contributed by atoms with E-state index in [4.69, 9.17) is 11.6 Å². The molecular formula is C15H14ClFN2O3S. The van der Waals surface area contributed by atoms with Crippen LogP contribution in [0.4, 0.5) is 15.8 Å². The summed E-state index contributed by atoms with van der Waals surface area (Å²) >= 11 is 5.94. The van der Waals surface area contributed by atoms with E-state index in [1.807, 2.05) is 0 Å². The van der Waals surface area contributed by atoms with Gasteiger partial charge in [-0.15, -0.1) is 0 Å². The van der Waals surface area contributed by atoms with Gasteiger partial charge in [0.25, 0.3) is 0 Å². The molecule has 0 aromatic heterocycles. The fraction of sp³-hybridized carbons (Fsp3) is 0.133. The van der Waals surface area contributed by atoms with Gasteiger partial charge in [-0.1, -0.05) is 23.7 Å². The maximum absolute atomic E-state index is 13.0. The Hall–Kier alpha value is -2.12. The molecule has 122 valence electrons. The Kier molecular flexibility index (Phi) is 5.23. The summed E-state index contributed by atoms with van der Waals surface area (Å²) in [5.74, 6) is -1.06. The molecule has 0 radical (unpaired) electrons. The minimum absolute atomic E-state index is 0.197. The molecule has 2 rings (SSSR count). The van der Waals surface area contributed by atoms with Crippen molar-refractivity contribution < 1.29 is 17.6 Å². The quantitative estimate of drug-likeness (QED) is 0.895. The van der Waals surface area contributed by atoms with Crippen molar-refractivity contribution in [2.24, 2.45) is 0 Å². The highest BCUT2D eigenvalue weighted by molar-refractivity contribution is 7.92. The molecule has 0 bridgehead atoms. The number of hydrogen-bond donors (Lipinski definition) is 1. The summed E-state index contributed by atoms with van der Waals surface area (Å²) in [6, 6.07) is 11.4. The average molecular weight is 357 g/mol. The predicted octanol–water partition coefficient (Wildman–Crippen LogP) is 2.88. The molecule has 0 spiro atoms. The van der Waals surface area contributed by atoms with Crippen molar-refractivity contribution in [3.05, 3.63) is 59.4 Å². The number of carbonyl (C=O) groups excluding carboxylic acids is 1. The highest BCUT2D eigenvalue weighted by Gasteiger charge is 2.21. The summed E-state index contributed by atoms with van der Waals surface area (Å²) in [6.45, 7) is -0.449. The number of para-hydroxylation sites is 1. The van der Waals surface area contributed by atoms with Crippen LogP contribution in [0.5, 0.6) is 0 Å². The molecule has 2 aromatic rings. The van der Waals surface area contributed by atoms with Crippen LogP contribution in [0.25, 0.3) is 0 Å². The first kappa shape index (κ1) is 17.2. The molecule has 1 N–H and O–H groups in total. The number of rotatable bonds is 5. The second kappa shape index (κ2) is 6.97. The van der Waals surface area contributed by atoms with Gasteiger partial charge in [-0.2, -0.15) is 0 Å². The zero-order valence-electron chi connectivity index (χ0n) is 12.2. The van der Waals surface area contributed by atoms with Gasteiger partial charge in [0, 0.05) is 0 Å². The monoisotopic (exact) mass is 356 g/mol. The average Bonchev–Trinajstić information content (AvgIpc) is 2.47. The minimum atomic E-state index is -3.71. The number of nitrogens with zero attached hydrogens (tertiary/aromatic N) is 1. The molecule has 0 heterocycles. The highest BCUT2D eigenvalue weighted by atomic mass is 35.5. The van der Waals surface area contributed by atoms with Crippen molar-refractivity contribution in [1.82, 2.24) is 0 Å². The van der Waals surface area contributed by atoms with Crippen LogP contribution in [-0.4, -0.2) is 27.1 Å². The number of anilines is 2. The Morgan fingerprint density at radius 2 is 1.78 bits per heavy atom. The van der Waals surface area contributed by atoms with Crippen molar-refractivity contribution in [2.75, 3.05) is 22.4 Å². The summed E-state index contributed by atoms with van der Waals surface area (Å²) in [7, 11) is -3.71. The topological polar surface area (TPSA) is 66.5 Å². The molecule has 0 unspecified atom stereocenters. The van der Waals surface area contributed by atoms with E-state index in [1.54, 1.807) is 24.3 Å². The van der Waals surface area contributed by atoms with E-state index in [2.05, 4.69) is 5.32 Å². The Morgan fingerprint density at radius 3 is 2.35 bits per heavy atom. The number of amides is 1. The van der Waals surface area contributed by atoms with Gasteiger partial charge in [-0.25, -0.2) is 12.8 Å². The molecule has 5 nitrogen and oxygen atoms in total. The lowest BCUT2D eigenvalue weighted by Crippen LogP contribution is -2.37. The molecule has 1 amide bonds. The van der Waals surface area contributed by atoms with E-state index < -0.39 is 28.3 Å². The molecule has 0 saturated carbocycles. The molecule has 0 atom stereocenters. The first-order chi connectivity index (χ1) is 10.8. The van der Waals surface area contributed by atoms with Crippen molar-refractivity contribution >= 4 is 38.9 Å². The summed E-state index contributed by atoms with van der Waals surface area (Å²) in [6.07, 6.45) is 0.971. The van der Waals surface area contributed by atoms with Gasteiger partial charge in [-0.3, -0.25) is 9.10 Å². The van der Waals surface area contributed by atoms with Crippen molar-refractivity contribution in [2.45, 2.75) is 0 Å². The van der Waals surface area contributed by atoms with E-state index in [0.29, 0.717) is 10.7 Å². The molecule has 0 aliphatic heterocycles. The molecule has 0 saturated heterocycles. The number of halogens is 2. The lowest BCUT2D eigenvalue weighted by Gasteiger charge is -2.22. The zero-order valence-corrected chi connectivity index (χ0v) is 13.7. The van der Waals surface area contributed by atoms with Gasteiger partial charge in [0.05, 0.1) is 22.7 Å². The number of carbonyl (C=O) groups is 1. The smallest absolute Gasteiger partial charge is 0.245 e. The lowest BCUT2D eigenvalue weighted by molar-refractivity contribution is -0.114.